The van der Waals surface area contributed by atoms with Gasteiger partial charge in [0, 0.05) is 12.3 Å². The van der Waals surface area contributed by atoms with Crippen LogP contribution in [-0.2, 0) is 14.3 Å². The summed E-state index contributed by atoms with van der Waals surface area (Å²) in [6.07, 6.45) is 13.6. The monoisotopic (exact) mass is 426 g/mol. The number of ketones is 1. The van der Waals surface area contributed by atoms with Crippen molar-refractivity contribution >= 4 is 11.8 Å². The highest BCUT2D eigenvalue weighted by Gasteiger charge is 2.32. The summed E-state index contributed by atoms with van der Waals surface area (Å²) in [5.41, 5.74) is 0. The lowest BCUT2D eigenvalue weighted by Gasteiger charge is -2.20. The minimum Gasteiger partial charge on any atom is -0.481 e. The molecule has 3 N–H and O–H groups in total. The third kappa shape index (κ3) is 10.7. The van der Waals surface area contributed by atoms with E-state index in [1.54, 1.807) is 0 Å². The summed E-state index contributed by atoms with van der Waals surface area (Å²) in [6, 6.07) is 0. The van der Waals surface area contributed by atoms with E-state index >= 15 is 0 Å². The van der Waals surface area contributed by atoms with Gasteiger partial charge in [-0.25, -0.2) is 0 Å². The zero-order valence-electron chi connectivity index (χ0n) is 18.8. The van der Waals surface area contributed by atoms with Crippen LogP contribution in [0.2, 0.25) is 0 Å². The Morgan fingerprint density at radius 1 is 1.17 bits per heavy atom. The van der Waals surface area contributed by atoms with Crippen molar-refractivity contribution in [1.29, 1.82) is 0 Å². The second kappa shape index (κ2) is 15.5. The number of aliphatic carboxylic acids is 1. The van der Waals surface area contributed by atoms with E-state index in [9.17, 15) is 24.9 Å². The highest BCUT2D eigenvalue weighted by Crippen LogP contribution is 2.34. The Balaban J connectivity index is 2.31. The summed E-state index contributed by atoms with van der Waals surface area (Å²) < 4.78 is 5.03. The molecule has 1 rings (SSSR count). The lowest BCUT2D eigenvalue weighted by Crippen LogP contribution is -2.32. The van der Waals surface area contributed by atoms with Crippen molar-refractivity contribution < 1.29 is 29.6 Å². The molecule has 5 atom stereocenters. The molecule has 0 aromatic heterocycles. The summed E-state index contributed by atoms with van der Waals surface area (Å²) in [7, 11) is 0. The van der Waals surface area contributed by atoms with Crippen molar-refractivity contribution in [3.8, 4) is 0 Å². The van der Waals surface area contributed by atoms with Crippen molar-refractivity contribution in [2.45, 2.75) is 103 Å². The van der Waals surface area contributed by atoms with E-state index in [1.807, 2.05) is 0 Å². The molecule has 6 nitrogen and oxygen atoms in total. The zero-order valence-corrected chi connectivity index (χ0v) is 18.8. The van der Waals surface area contributed by atoms with E-state index in [4.69, 9.17) is 4.74 Å². The Morgan fingerprint density at radius 3 is 2.57 bits per heavy atom. The van der Waals surface area contributed by atoms with Gasteiger partial charge >= 0.3 is 5.97 Å². The Labute approximate surface area is 181 Å². The largest absolute Gasteiger partial charge is 0.481 e. The number of aliphatic hydroxyl groups excluding tert-OH is 2. The Kier molecular flexibility index (Phi) is 13.9. The van der Waals surface area contributed by atoms with Crippen molar-refractivity contribution in [3.05, 3.63) is 12.2 Å². The summed E-state index contributed by atoms with van der Waals surface area (Å²) in [5.74, 6) is -1.28. The number of ether oxygens (including phenoxy) is 1. The number of carboxylic acids is 1. The van der Waals surface area contributed by atoms with Crippen molar-refractivity contribution in [3.63, 3.8) is 0 Å². The van der Waals surface area contributed by atoms with E-state index < -0.39 is 24.3 Å². The molecule has 30 heavy (non-hydrogen) atoms. The van der Waals surface area contributed by atoms with Crippen molar-refractivity contribution in [2.24, 2.45) is 17.8 Å². The smallest absolute Gasteiger partial charge is 0.311 e. The molecule has 3 unspecified atom stereocenters. The minimum absolute atomic E-state index is 0.0950. The normalized spacial score (nSPS) is 22.5. The van der Waals surface area contributed by atoms with E-state index in [2.05, 4.69) is 19.1 Å². The van der Waals surface area contributed by atoms with Gasteiger partial charge in [-0.05, 0) is 44.9 Å². The third-order valence-corrected chi connectivity index (χ3v) is 5.96. The van der Waals surface area contributed by atoms with Crippen LogP contribution in [0.3, 0.4) is 0 Å². The first kappa shape index (κ1) is 26.8. The van der Waals surface area contributed by atoms with Gasteiger partial charge in [0.05, 0.1) is 12.7 Å². The first-order valence-corrected chi connectivity index (χ1v) is 11.8. The van der Waals surface area contributed by atoms with E-state index in [-0.39, 0.29) is 12.5 Å². The number of Topliss-reactive ketones (excluding diaryl/α,β-unsaturated/α-hetero) is 1. The molecule has 0 heterocycles. The molecular formula is C24H42O6. The molecule has 1 aliphatic carbocycles. The number of carbonyl (C=O) groups excluding carboxylic acids is 1. The van der Waals surface area contributed by atoms with E-state index in [1.165, 1.54) is 32.6 Å². The van der Waals surface area contributed by atoms with Crippen LogP contribution in [0.25, 0.3) is 0 Å². The Morgan fingerprint density at radius 2 is 1.90 bits per heavy atom. The summed E-state index contributed by atoms with van der Waals surface area (Å²) in [4.78, 5) is 23.6. The second-order valence-corrected chi connectivity index (χ2v) is 8.71. The molecule has 1 fully saturated rings. The number of aliphatic hydroxyl groups is 2. The molecule has 6 heteroatoms. The van der Waals surface area contributed by atoms with Gasteiger partial charge in [0.25, 0.3) is 0 Å². The van der Waals surface area contributed by atoms with Gasteiger partial charge in [0.15, 0.2) is 6.29 Å². The molecule has 1 aliphatic rings. The molecule has 0 aliphatic heterocycles. The first-order valence-electron chi connectivity index (χ1n) is 11.8. The molecule has 0 saturated heterocycles. The van der Waals surface area contributed by atoms with Crippen LogP contribution < -0.4 is 0 Å². The van der Waals surface area contributed by atoms with Crippen LogP contribution in [0.5, 0.6) is 0 Å². The van der Waals surface area contributed by atoms with Gasteiger partial charge in [0.2, 0.25) is 0 Å². The van der Waals surface area contributed by atoms with Crippen molar-refractivity contribution in [2.75, 3.05) is 6.61 Å². The molecule has 0 radical (unpaired) electrons. The minimum atomic E-state index is -1.42. The second-order valence-electron chi connectivity index (χ2n) is 8.71. The molecular weight excluding hydrogens is 384 g/mol. The third-order valence-electron chi connectivity index (χ3n) is 5.96. The number of allylic oxidation sites excluding steroid dienone is 2. The van der Waals surface area contributed by atoms with Crippen LogP contribution in [0.15, 0.2) is 12.2 Å². The average Bonchev–Trinajstić information content (AvgIpc) is 3.04. The molecule has 0 aromatic carbocycles. The quantitative estimate of drug-likeness (QED) is 0.180. The lowest BCUT2D eigenvalue weighted by molar-refractivity contribution is -0.176. The van der Waals surface area contributed by atoms with Crippen LogP contribution in [0.1, 0.15) is 90.9 Å². The molecule has 0 bridgehead atoms. The van der Waals surface area contributed by atoms with Gasteiger partial charge in [-0.3, -0.25) is 9.59 Å². The molecule has 1 saturated carbocycles. The SMILES string of the molecule is CCCCCCC=C[C@H]1CCC(=O)[C@@H]1CCCCCC(C(=O)O)C(O)OCC(C)O. The van der Waals surface area contributed by atoms with Crippen LogP contribution >= 0.6 is 0 Å². The van der Waals surface area contributed by atoms with Gasteiger partial charge < -0.3 is 20.1 Å². The fraction of sp³-hybridized carbons (Fsp3) is 0.833. The highest BCUT2D eigenvalue weighted by atomic mass is 16.6. The number of carboxylic acid groups (broad SMARTS) is 1. The summed E-state index contributed by atoms with van der Waals surface area (Å²) in [5, 5.41) is 28.4. The van der Waals surface area contributed by atoms with Gasteiger partial charge in [-0.2, -0.15) is 0 Å². The molecule has 0 spiro atoms. The zero-order chi connectivity index (χ0) is 22.4. The Hall–Kier alpha value is -1.24. The van der Waals surface area contributed by atoms with Gasteiger partial charge in [-0.1, -0.05) is 57.6 Å². The average molecular weight is 427 g/mol. The predicted molar refractivity (Wildman–Crippen MR) is 117 cm³/mol. The number of hydrogen-bond donors (Lipinski definition) is 3. The highest BCUT2D eigenvalue weighted by molar-refractivity contribution is 5.83. The van der Waals surface area contributed by atoms with Crippen molar-refractivity contribution in [1.82, 2.24) is 0 Å². The van der Waals surface area contributed by atoms with Crippen LogP contribution in [0, 0.1) is 17.8 Å². The van der Waals surface area contributed by atoms with Crippen LogP contribution in [-0.4, -0.2) is 46.1 Å². The van der Waals surface area contributed by atoms with Gasteiger partial charge in [0.1, 0.15) is 11.7 Å². The number of hydrogen-bond acceptors (Lipinski definition) is 5. The Bertz CT molecular complexity index is 516. The molecule has 0 amide bonds. The summed E-state index contributed by atoms with van der Waals surface area (Å²) in [6.45, 7) is 3.63. The molecule has 174 valence electrons. The maximum atomic E-state index is 12.3. The fourth-order valence-corrected chi connectivity index (χ4v) is 4.15. The number of unbranched alkanes of at least 4 members (excludes halogenated alkanes) is 6. The standard InChI is InChI=1S/C24H42O6/c1-3-4-5-6-7-9-12-19-15-16-22(26)20(19)13-10-8-11-14-21(23(27)28)24(29)30-17-18(2)25/h9,12,18-21,24-25,29H,3-8,10-11,13-17H2,1-2H3,(H,27,28)/t18?,19-,20+,21?,24?/m0/s1. The number of rotatable bonds is 17. The predicted octanol–water partition coefficient (Wildman–Crippen LogP) is 4.48. The van der Waals surface area contributed by atoms with E-state index in [0.29, 0.717) is 31.0 Å². The fourth-order valence-electron chi connectivity index (χ4n) is 4.15. The number of carbonyl (C=O) groups is 2. The van der Waals surface area contributed by atoms with E-state index in [0.717, 1.165) is 32.1 Å². The first-order chi connectivity index (χ1) is 14.4. The van der Waals surface area contributed by atoms with Crippen LogP contribution in [0.4, 0.5) is 0 Å². The maximum absolute atomic E-state index is 12.3. The summed E-state index contributed by atoms with van der Waals surface area (Å²) >= 11 is 0. The lowest BCUT2D eigenvalue weighted by atomic mass is 9.89. The van der Waals surface area contributed by atoms with Gasteiger partial charge in [-0.15, -0.1) is 0 Å². The topological polar surface area (TPSA) is 104 Å². The molecule has 0 aromatic rings. The maximum Gasteiger partial charge on any atom is 0.311 e.